The molecule has 0 amide bonds. The maximum Gasteiger partial charge on any atom is 0.140 e. The summed E-state index contributed by atoms with van der Waals surface area (Å²) in [4.78, 5) is 10.00. The first kappa shape index (κ1) is 14.8. The van der Waals surface area contributed by atoms with Crippen molar-refractivity contribution < 1.29 is 0 Å². The van der Waals surface area contributed by atoms with E-state index in [1.54, 1.807) is 0 Å². The number of hydrogen-bond acceptors (Lipinski definition) is 3. The number of anilines is 1. The average Bonchev–Trinajstić information content (AvgIpc) is 3.25. The lowest BCUT2D eigenvalue weighted by molar-refractivity contribution is 0.178. The molecule has 128 valence electrons. The Hall–Kier alpha value is -1.55. The highest BCUT2D eigenvalue weighted by molar-refractivity contribution is 5.81. The van der Waals surface area contributed by atoms with E-state index in [0.717, 1.165) is 31.5 Å². The van der Waals surface area contributed by atoms with Gasteiger partial charge in [-0.2, -0.15) is 0 Å². The van der Waals surface area contributed by atoms with Gasteiger partial charge in [0.05, 0.1) is 11.9 Å². The third kappa shape index (κ3) is 2.26. The topological polar surface area (TPSA) is 24.3 Å². The van der Waals surface area contributed by atoms with Gasteiger partial charge in [-0.25, -0.2) is 4.98 Å². The minimum absolute atomic E-state index is 0.615. The van der Waals surface area contributed by atoms with Gasteiger partial charge >= 0.3 is 0 Å². The Morgan fingerprint density at radius 2 is 1.88 bits per heavy atom. The lowest BCUT2D eigenvalue weighted by Gasteiger charge is -2.31. The Labute approximate surface area is 144 Å². The Morgan fingerprint density at radius 1 is 1.08 bits per heavy atom. The van der Waals surface area contributed by atoms with Crippen LogP contribution in [0.3, 0.4) is 0 Å². The minimum atomic E-state index is 0.615. The van der Waals surface area contributed by atoms with Gasteiger partial charge in [0, 0.05) is 49.8 Å². The molecule has 0 bridgehead atoms. The molecule has 1 saturated heterocycles. The third-order valence-electron chi connectivity index (χ3n) is 6.60. The summed E-state index contributed by atoms with van der Waals surface area (Å²) in [6.45, 7) is 10.3. The van der Waals surface area contributed by atoms with Crippen LogP contribution in [0.15, 0.2) is 18.3 Å². The van der Waals surface area contributed by atoms with Crippen molar-refractivity contribution in [1.82, 2.24) is 14.5 Å². The molecule has 5 rings (SSSR count). The minimum Gasteiger partial charge on any atom is -0.370 e. The van der Waals surface area contributed by atoms with Gasteiger partial charge in [-0.05, 0) is 50.7 Å². The SMILES string of the molecule is CC(C)N1CCn2c(cc3cc(N4CC5CCCC5C4)cnc32)C1. The van der Waals surface area contributed by atoms with E-state index in [-0.39, 0.29) is 0 Å². The number of fused-ring (bicyclic) bond motifs is 4. The van der Waals surface area contributed by atoms with Gasteiger partial charge in [-0.3, -0.25) is 4.90 Å². The van der Waals surface area contributed by atoms with E-state index in [2.05, 4.69) is 46.5 Å². The molecule has 0 radical (unpaired) electrons. The number of hydrogen-bond donors (Lipinski definition) is 0. The molecular formula is C20H28N4. The summed E-state index contributed by atoms with van der Waals surface area (Å²) >= 11 is 0. The van der Waals surface area contributed by atoms with Crippen LogP contribution in [0.5, 0.6) is 0 Å². The molecule has 2 atom stereocenters. The summed E-state index contributed by atoms with van der Waals surface area (Å²) in [5.74, 6) is 1.87. The molecule has 0 N–H and O–H groups in total. The Balaban J connectivity index is 1.45. The van der Waals surface area contributed by atoms with E-state index in [9.17, 15) is 0 Å². The maximum absolute atomic E-state index is 4.87. The largest absolute Gasteiger partial charge is 0.370 e. The first-order chi connectivity index (χ1) is 11.7. The highest BCUT2D eigenvalue weighted by Crippen LogP contribution is 2.40. The van der Waals surface area contributed by atoms with Crippen LogP contribution in [0.1, 0.15) is 38.8 Å². The van der Waals surface area contributed by atoms with Gasteiger partial charge in [0.2, 0.25) is 0 Å². The van der Waals surface area contributed by atoms with Crippen LogP contribution in [-0.4, -0.2) is 40.1 Å². The average molecular weight is 324 g/mol. The van der Waals surface area contributed by atoms with Crippen molar-refractivity contribution in [3.05, 3.63) is 24.0 Å². The summed E-state index contributed by atoms with van der Waals surface area (Å²) in [6, 6.07) is 5.37. The summed E-state index contributed by atoms with van der Waals surface area (Å²) < 4.78 is 2.43. The van der Waals surface area contributed by atoms with Gasteiger partial charge in [-0.15, -0.1) is 0 Å². The fourth-order valence-corrected chi connectivity index (χ4v) is 5.14. The number of rotatable bonds is 2. The van der Waals surface area contributed by atoms with Crippen LogP contribution < -0.4 is 4.90 Å². The standard InChI is InChI=1S/C20H28N4/c1-14(2)22-6-7-24-19(13-22)9-17-8-18(10-21-20(17)24)23-11-15-4-3-5-16(15)12-23/h8-10,14-16H,3-7,11-13H2,1-2H3. The smallest absolute Gasteiger partial charge is 0.140 e. The van der Waals surface area contributed by atoms with E-state index in [1.807, 2.05) is 0 Å². The first-order valence-electron chi connectivity index (χ1n) is 9.66. The summed E-state index contributed by atoms with van der Waals surface area (Å²) in [7, 11) is 0. The van der Waals surface area contributed by atoms with E-state index >= 15 is 0 Å². The lowest BCUT2D eigenvalue weighted by Crippen LogP contribution is -2.38. The molecule has 2 fully saturated rings. The van der Waals surface area contributed by atoms with Gasteiger partial charge in [0.25, 0.3) is 0 Å². The predicted molar refractivity (Wildman–Crippen MR) is 98.3 cm³/mol. The highest BCUT2D eigenvalue weighted by Gasteiger charge is 2.36. The lowest BCUT2D eigenvalue weighted by atomic mass is 10.0. The van der Waals surface area contributed by atoms with E-state index in [4.69, 9.17) is 4.98 Å². The normalized spacial score (nSPS) is 27.2. The molecule has 2 aromatic heterocycles. The second-order valence-corrected chi connectivity index (χ2v) is 8.31. The van der Waals surface area contributed by atoms with Crippen molar-refractivity contribution in [1.29, 1.82) is 0 Å². The molecule has 0 aromatic carbocycles. The van der Waals surface area contributed by atoms with E-state index in [1.165, 1.54) is 54.8 Å². The van der Waals surface area contributed by atoms with Gasteiger partial charge in [-0.1, -0.05) is 6.42 Å². The molecule has 4 heterocycles. The van der Waals surface area contributed by atoms with Crippen LogP contribution in [0.2, 0.25) is 0 Å². The Morgan fingerprint density at radius 3 is 2.62 bits per heavy atom. The van der Waals surface area contributed by atoms with Crippen molar-refractivity contribution >= 4 is 16.7 Å². The zero-order chi connectivity index (χ0) is 16.3. The third-order valence-corrected chi connectivity index (χ3v) is 6.60. The molecule has 2 aliphatic heterocycles. The molecule has 1 saturated carbocycles. The quantitative estimate of drug-likeness (QED) is 0.845. The molecule has 0 spiro atoms. The van der Waals surface area contributed by atoms with Gasteiger partial charge in [0.1, 0.15) is 5.65 Å². The molecular weight excluding hydrogens is 296 g/mol. The van der Waals surface area contributed by atoms with Crippen LogP contribution >= 0.6 is 0 Å². The molecule has 1 aliphatic carbocycles. The Bertz CT molecular complexity index is 750. The predicted octanol–water partition coefficient (Wildman–Crippen LogP) is 3.50. The molecule has 2 aromatic rings. The summed E-state index contributed by atoms with van der Waals surface area (Å²) in [5.41, 5.74) is 3.94. The van der Waals surface area contributed by atoms with E-state index in [0.29, 0.717) is 6.04 Å². The number of aromatic nitrogens is 2. The molecule has 24 heavy (non-hydrogen) atoms. The fraction of sp³-hybridized carbons (Fsp3) is 0.650. The van der Waals surface area contributed by atoms with Crippen LogP contribution in [0.25, 0.3) is 11.0 Å². The summed E-state index contributed by atoms with van der Waals surface area (Å²) in [5, 5.41) is 1.32. The summed E-state index contributed by atoms with van der Waals surface area (Å²) in [6.07, 6.45) is 6.43. The van der Waals surface area contributed by atoms with Crippen molar-refractivity contribution in [3.63, 3.8) is 0 Å². The monoisotopic (exact) mass is 324 g/mol. The maximum atomic E-state index is 4.87. The van der Waals surface area contributed by atoms with Crippen molar-refractivity contribution in [2.75, 3.05) is 24.5 Å². The highest BCUT2D eigenvalue weighted by atomic mass is 15.2. The second-order valence-electron chi connectivity index (χ2n) is 8.31. The molecule has 4 nitrogen and oxygen atoms in total. The van der Waals surface area contributed by atoms with Crippen LogP contribution in [0, 0.1) is 11.8 Å². The molecule has 3 aliphatic rings. The number of pyridine rings is 1. The zero-order valence-electron chi connectivity index (χ0n) is 14.9. The molecule has 4 heteroatoms. The Kier molecular flexibility index (Phi) is 3.37. The van der Waals surface area contributed by atoms with Crippen LogP contribution in [0.4, 0.5) is 5.69 Å². The zero-order valence-corrected chi connectivity index (χ0v) is 14.9. The van der Waals surface area contributed by atoms with Crippen molar-refractivity contribution in [2.45, 2.75) is 52.2 Å². The molecule has 2 unspecified atom stereocenters. The fourth-order valence-electron chi connectivity index (χ4n) is 5.14. The van der Waals surface area contributed by atoms with Crippen LogP contribution in [-0.2, 0) is 13.1 Å². The first-order valence-corrected chi connectivity index (χ1v) is 9.66. The second kappa shape index (κ2) is 5.48. The van der Waals surface area contributed by atoms with Gasteiger partial charge in [0.15, 0.2) is 0 Å². The van der Waals surface area contributed by atoms with Crippen molar-refractivity contribution in [3.8, 4) is 0 Å². The van der Waals surface area contributed by atoms with Gasteiger partial charge < -0.3 is 9.47 Å². The number of nitrogens with zero attached hydrogens (tertiary/aromatic N) is 4. The van der Waals surface area contributed by atoms with E-state index < -0.39 is 0 Å². The van der Waals surface area contributed by atoms with Crippen molar-refractivity contribution in [2.24, 2.45) is 11.8 Å².